The van der Waals surface area contributed by atoms with E-state index in [0.29, 0.717) is 0 Å². The van der Waals surface area contributed by atoms with Crippen molar-refractivity contribution in [1.29, 1.82) is 0 Å². The summed E-state index contributed by atoms with van der Waals surface area (Å²) < 4.78 is 1.15. The Morgan fingerprint density at radius 1 is 1.50 bits per heavy atom. The lowest BCUT2D eigenvalue weighted by molar-refractivity contribution is 0.549. The summed E-state index contributed by atoms with van der Waals surface area (Å²) in [7, 11) is 0. The van der Waals surface area contributed by atoms with Gasteiger partial charge in [0, 0.05) is 16.7 Å². The summed E-state index contributed by atoms with van der Waals surface area (Å²) in [6, 6.07) is 6.39. The zero-order valence-corrected chi connectivity index (χ0v) is 11.3. The number of aryl methyl sites for hydroxylation is 1. The van der Waals surface area contributed by atoms with Gasteiger partial charge in [-0.05, 0) is 62.5 Å². The van der Waals surface area contributed by atoms with E-state index in [1.165, 1.54) is 37.2 Å². The Morgan fingerprint density at radius 2 is 2.38 bits per heavy atom. The van der Waals surface area contributed by atoms with E-state index in [4.69, 9.17) is 0 Å². The lowest BCUT2D eigenvalue weighted by Crippen LogP contribution is -2.13. The van der Waals surface area contributed by atoms with Gasteiger partial charge in [0.15, 0.2) is 0 Å². The fourth-order valence-electron chi connectivity index (χ4n) is 2.20. The van der Waals surface area contributed by atoms with Gasteiger partial charge in [0.05, 0.1) is 0 Å². The van der Waals surface area contributed by atoms with Crippen molar-refractivity contribution in [3.8, 4) is 0 Å². The maximum atomic E-state index is 3.52. The molecular formula is C13H19BrN2. The molecule has 88 valence electrons. The molecule has 2 N–H and O–H groups in total. The van der Waals surface area contributed by atoms with Crippen LogP contribution in [0.2, 0.25) is 0 Å². The molecule has 1 aromatic carbocycles. The summed E-state index contributed by atoms with van der Waals surface area (Å²) in [6.07, 6.45) is 2.60. The van der Waals surface area contributed by atoms with Gasteiger partial charge in [0.2, 0.25) is 0 Å². The van der Waals surface area contributed by atoms with Gasteiger partial charge in [-0.15, -0.1) is 0 Å². The smallest absolute Gasteiger partial charge is 0.0370 e. The van der Waals surface area contributed by atoms with E-state index >= 15 is 0 Å². The minimum absolute atomic E-state index is 0.864. The second-order valence-corrected chi connectivity index (χ2v) is 5.45. The second-order valence-electron chi connectivity index (χ2n) is 4.53. The van der Waals surface area contributed by atoms with E-state index in [-0.39, 0.29) is 0 Å². The number of anilines is 1. The van der Waals surface area contributed by atoms with Crippen LogP contribution in [0.5, 0.6) is 0 Å². The largest absolute Gasteiger partial charge is 0.385 e. The molecule has 0 spiro atoms. The predicted molar refractivity (Wildman–Crippen MR) is 73.0 cm³/mol. The third kappa shape index (κ3) is 3.22. The maximum Gasteiger partial charge on any atom is 0.0370 e. The first-order valence-corrected chi connectivity index (χ1v) is 6.76. The minimum Gasteiger partial charge on any atom is -0.385 e. The molecule has 1 aliphatic rings. The SMILES string of the molecule is Cc1cc(Br)ccc1NCCC1CCNC1. The summed E-state index contributed by atoms with van der Waals surface area (Å²) >= 11 is 3.48. The van der Waals surface area contributed by atoms with Crippen molar-refractivity contribution < 1.29 is 0 Å². The van der Waals surface area contributed by atoms with E-state index in [1.54, 1.807) is 0 Å². The Morgan fingerprint density at radius 3 is 3.06 bits per heavy atom. The van der Waals surface area contributed by atoms with Crippen molar-refractivity contribution in [3.63, 3.8) is 0 Å². The number of hydrogen-bond donors (Lipinski definition) is 2. The molecule has 1 heterocycles. The number of rotatable bonds is 4. The number of benzene rings is 1. The second kappa shape index (κ2) is 5.69. The Kier molecular flexibility index (Phi) is 4.24. The Balaban J connectivity index is 1.80. The highest BCUT2D eigenvalue weighted by molar-refractivity contribution is 9.10. The number of hydrogen-bond acceptors (Lipinski definition) is 2. The third-order valence-electron chi connectivity index (χ3n) is 3.22. The van der Waals surface area contributed by atoms with E-state index in [2.05, 4.69) is 51.7 Å². The Labute approximate surface area is 106 Å². The van der Waals surface area contributed by atoms with Gasteiger partial charge in [-0.25, -0.2) is 0 Å². The van der Waals surface area contributed by atoms with E-state index in [9.17, 15) is 0 Å². The van der Waals surface area contributed by atoms with Crippen LogP contribution in [-0.2, 0) is 0 Å². The molecule has 3 heteroatoms. The van der Waals surface area contributed by atoms with Gasteiger partial charge < -0.3 is 10.6 Å². The predicted octanol–water partition coefficient (Wildman–Crippen LogP) is 3.17. The topological polar surface area (TPSA) is 24.1 Å². The quantitative estimate of drug-likeness (QED) is 0.887. The Bertz CT molecular complexity index is 346. The summed E-state index contributed by atoms with van der Waals surface area (Å²) in [5, 5.41) is 6.92. The molecule has 1 fully saturated rings. The molecule has 0 aliphatic carbocycles. The van der Waals surface area contributed by atoms with Gasteiger partial charge >= 0.3 is 0 Å². The molecule has 0 amide bonds. The molecular weight excluding hydrogens is 264 g/mol. The molecule has 0 aromatic heterocycles. The highest BCUT2D eigenvalue weighted by Crippen LogP contribution is 2.20. The normalized spacial score (nSPS) is 20.0. The van der Waals surface area contributed by atoms with E-state index in [0.717, 1.165) is 16.9 Å². The zero-order chi connectivity index (χ0) is 11.4. The van der Waals surface area contributed by atoms with Crippen LogP contribution in [0.4, 0.5) is 5.69 Å². The van der Waals surface area contributed by atoms with Gasteiger partial charge in [-0.3, -0.25) is 0 Å². The minimum atomic E-state index is 0.864. The summed E-state index contributed by atoms with van der Waals surface area (Å²) in [4.78, 5) is 0. The molecule has 16 heavy (non-hydrogen) atoms. The molecule has 1 saturated heterocycles. The number of halogens is 1. The van der Waals surface area contributed by atoms with Crippen molar-refractivity contribution in [1.82, 2.24) is 5.32 Å². The molecule has 1 unspecified atom stereocenters. The molecule has 2 nitrogen and oxygen atoms in total. The zero-order valence-electron chi connectivity index (χ0n) is 9.72. The van der Waals surface area contributed by atoms with Crippen LogP contribution in [0, 0.1) is 12.8 Å². The van der Waals surface area contributed by atoms with Crippen LogP contribution >= 0.6 is 15.9 Å². The molecule has 1 atom stereocenters. The maximum absolute atomic E-state index is 3.52. The Hall–Kier alpha value is -0.540. The lowest BCUT2D eigenvalue weighted by atomic mass is 10.1. The van der Waals surface area contributed by atoms with Crippen LogP contribution in [0.1, 0.15) is 18.4 Å². The van der Waals surface area contributed by atoms with Crippen LogP contribution in [-0.4, -0.2) is 19.6 Å². The van der Waals surface area contributed by atoms with Gasteiger partial charge in [0.1, 0.15) is 0 Å². The fourth-order valence-corrected chi connectivity index (χ4v) is 2.67. The molecule has 2 rings (SSSR count). The van der Waals surface area contributed by atoms with E-state index < -0.39 is 0 Å². The summed E-state index contributed by atoms with van der Waals surface area (Å²) in [6.45, 7) is 5.61. The average Bonchev–Trinajstić information content (AvgIpc) is 2.74. The standard InChI is InChI=1S/C13H19BrN2/c1-10-8-12(14)2-3-13(10)16-7-5-11-4-6-15-9-11/h2-3,8,11,15-16H,4-7,9H2,1H3. The van der Waals surface area contributed by atoms with Gasteiger partial charge in [0.25, 0.3) is 0 Å². The first-order valence-electron chi connectivity index (χ1n) is 5.96. The van der Waals surface area contributed by atoms with Crippen LogP contribution in [0.3, 0.4) is 0 Å². The van der Waals surface area contributed by atoms with Crippen LogP contribution in [0.15, 0.2) is 22.7 Å². The van der Waals surface area contributed by atoms with Crippen molar-refractivity contribution in [2.45, 2.75) is 19.8 Å². The van der Waals surface area contributed by atoms with Crippen LogP contribution in [0.25, 0.3) is 0 Å². The van der Waals surface area contributed by atoms with Crippen LogP contribution < -0.4 is 10.6 Å². The molecule has 1 aromatic rings. The monoisotopic (exact) mass is 282 g/mol. The first-order chi connectivity index (χ1) is 7.75. The highest BCUT2D eigenvalue weighted by atomic mass is 79.9. The summed E-state index contributed by atoms with van der Waals surface area (Å²) in [5.41, 5.74) is 2.56. The van der Waals surface area contributed by atoms with E-state index in [1.807, 2.05) is 0 Å². The van der Waals surface area contributed by atoms with Crippen molar-refractivity contribution >= 4 is 21.6 Å². The molecule has 0 bridgehead atoms. The molecule has 0 radical (unpaired) electrons. The summed E-state index contributed by atoms with van der Waals surface area (Å²) in [5.74, 6) is 0.864. The average molecular weight is 283 g/mol. The molecule has 0 saturated carbocycles. The van der Waals surface area contributed by atoms with Gasteiger partial charge in [-0.1, -0.05) is 15.9 Å². The van der Waals surface area contributed by atoms with Crippen molar-refractivity contribution in [2.24, 2.45) is 5.92 Å². The first kappa shape index (κ1) is 11.9. The fraction of sp³-hybridized carbons (Fsp3) is 0.538. The van der Waals surface area contributed by atoms with Crippen molar-refractivity contribution in [2.75, 3.05) is 25.0 Å². The molecule has 1 aliphatic heterocycles. The third-order valence-corrected chi connectivity index (χ3v) is 3.71. The lowest BCUT2D eigenvalue weighted by Gasteiger charge is -2.12. The van der Waals surface area contributed by atoms with Gasteiger partial charge in [-0.2, -0.15) is 0 Å². The highest BCUT2D eigenvalue weighted by Gasteiger charge is 2.13. The number of nitrogens with one attached hydrogen (secondary N) is 2. The van der Waals surface area contributed by atoms with Crippen molar-refractivity contribution in [3.05, 3.63) is 28.2 Å².